The van der Waals surface area contributed by atoms with E-state index < -0.39 is 0 Å². The molecule has 2 rings (SSSR count). The standard InChI is InChI=1S/C14H21N3O2/c1-17-7-3-4-11(9-17)16-14(18)10-5-6-12(15)13(8-10)19-2/h5-6,8,11H,3-4,7,9,15H2,1-2H3,(H,16,18)/t11-/m0/s1. The summed E-state index contributed by atoms with van der Waals surface area (Å²) in [4.78, 5) is 14.4. The van der Waals surface area contributed by atoms with E-state index in [-0.39, 0.29) is 11.9 Å². The highest BCUT2D eigenvalue weighted by Gasteiger charge is 2.19. The molecule has 0 bridgehead atoms. The number of hydrogen-bond donors (Lipinski definition) is 2. The maximum Gasteiger partial charge on any atom is 0.251 e. The van der Waals surface area contributed by atoms with E-state index in [0.717, 1.165) is 25.9 Å². The first-order chi connectivity index (χ1) is 9.10. The number of methoxy groups -OCH3 is 1. The van der Waals surface area contributed by atoms with E-state index >= 15 is 0 Å². The van der Waals surface area contributed by atoms with Crippen molar-refractivity contribution in [1.82, 2.24) is 10.2 Å². The Morgan fingerprint density at radius 1 is 1.53 bits per heavy atom. The number of ether oxygens (including phenoxy) is 1. The maximum atomic E-state index is 12.2. The fraction of sp³-hybridized carbons (Fsp3) is 0.500. The second-order valence-electron chi connectivity index (χ2n) is 5.03. The summed E-state index contributed by atoms with van der Waals surface area (Å²) in [5.41, 5.74) is 6.86. The van der Waals surface area contributed by atoms with Crippen molar-refractivity contribution < 1.29 is 9.53 Å². The monoisotopic (exact) mass is 263 g/mol. The summed E-state index contributed by atoms with van der Waals surface area (Å²) in [5, 5.41) is 3.06. The van der Waals surface area contributed by atoms with Crippen LogP contribution in [0.15, 0.2) is 18.2 Å². The van der Waals surface area contributed by atoms with Crippen LogP contribution in [0.25, 0.3) is 0 Å². The molecule has 1 heterocycles. The number of amides is 1. The van der Waals surface area contributed by atoms with Crippen molar-refractivity contribution in [2.45, 2.75) is 18.9 Å². The molecule has 0 aliphatic carbocycles. The maximum absolute atomic E-state index is 12.2. The van der Waals surface area contributed by atoms with Gasteiger partial charge in [0.2, 0.25) is 0 Å². The number of piperidine rings is 1. The molecule has 19 heavy (non-hydrogen) atoms. The Labute approximate surface area is 113 Å². The van der Waals surface area contributed by atoms with Gasteiger partial charge in [0, 0.05) is 18.2 Å². The van der Waals surface area contributed by atoms with Crippen LogP contribution in [0.5, 0.6) is 5.75 Å². The molecule has 0 radical (unpaired) electrons. The summed E-state index contributed by atoms with van der Waals surface area (Å²) in [6.07, 6.45) is 2.15. The quantitative estimate of drug-likeness (QED) is 0.801. The van der Waals surface area contributed by atoms with Gasteiger partial charge >= 0.3 is 0 Å². The topological polar surface area (TPSA) is 67.6 Å². The van der Waals surface area contributed by atoms with Crippen molar-refractivity contribution in [3.8, 4) is 5.75 Å². The van der Waals surface area contributed by atoms with E-state index in [0.29, 0.717) is 17.0 Å². The van der Waals surface area contributed by atoms with Crippen LogP contribution in [-0.4, -0.2) is 44.1 Å². The third-order valence-electron chi connectivity index (χ3n) is 3.46. The summed E-state index contributed by atoms with van der Waals surface area (Å²) in [7, 11) is 3.62. The zero-order valence-electron chi connectivity index (χ0n) is 11.5. The zero-order valence-corrected chi connectivity index (χ0v) is 11.5. The molecule has 1 aromatic rings. The predicted molar refractivity (Wildman–Crippen MR) is 75.4 cm³/mol. The molecule has 1 aliphatic heterocycles. The van der Waals surface area contributed by atoms with E-state index in [1.165, 1.54) is 0 Å². The molecule has 0 unspecified atom stereocenters. The SMILES string of the molecule is COc1cc(C(=O)N[C@H]2CCCN(C)C2)ccc1N. The number of nitrogens with zero attached hydrogens (tertiary/aromatic N) is 1. The van der Waals surface area contributed by atoms with E-state index in [1.807, 2.05) is 0 Å². The van der Waals surface area contributed by atoms with Crippen molar-refractivity contribution in [3.63, 3.8) is 0 Å². The first kappa shape index (κ1) is 13.7. The molecule has 0 saturated carbocycles. The minimum Gasteiger partial charge on any atom is -0.495 e. The minimum atomic E-state index is -0.0707. The van der Waals surface area contributed by atoms with Crippen LogP contribution in [0.2, 0.25) is 0 Å². The van der Waals surface area contributed by atoms with Crippen LogP contribution in [0.1, 0.15) is 23.2 Å². The number of rotatable bonds is 3. The van der Waals surface area contributed by atoms with Crippen LogP contribution >= 0.6 is 0 Å². The minimum absolute atomic E-state index is 0.0707. The van der Waals surface area contributed by atoms with Crippen LogP contribution in [0, 0.1) is 0 Å². The Morgan fingerprint density at radius 2 is 2.32 bits per heavy atom. The van der Waals surface area contributed by atoms with E-state index in [4.69, 9.17) is 10.5 Å². The highest BCUT2D eigenvalue weighted by molar-refractivity contribution is 5.95. The second kappa shape index (κ2) is 5.93. The first-order valence-electron chi connectivity index (χ1n) is 6.53. The highest BCUT2D eigenvalue weighted by Crippen LogP contribution is 2.22. The van der Waals surface area contributed by atoms with Crippen LogP contribution in [0.4, 0.5) is 5.69 Å². The Balaban J connectivity index is 2.03. The van der Waals surface area contributed by atoms with Gasteiger partial charge in [0.25, 0.3) is 5.91 Å². The van der Waals surface area contributed by atoms with Crippen LogP contribution < -0.4 is 15.8 Å². The Hall–Kier alpha value is -1.75. The Kier molecular flexibility index (Phi) is 4.27. The number of benzene rings is 1. The summed E-state index contributed by atoms with van der Waals surface area (Å²) in [6.45, 7) is 2.00. The van der Waals surface area contributed by atoms with Gasteiger partial charge in [-0.1, -0.05) is 0 Å². The van der Waals surface area contributed by atoms with Crippen LogP contribution in [-0.2, 0) is 0 Å². The lowest BCUT2D eigenvalue weighted by Crippen LogP contribution is -2.46. The summed E-state index contributed by atoms with van der Waals surface area (Å²) in [5.74, 6) is 0.465. The van der Waals surface area contributed by atoms with Crippen molar-refractivity contribution >= 4 is 11.6 Å². The number of carbonyl (C=O) groups is 1. The molecule has 0 aromatic heterocycles. The van der Waals surface area contributed by atoms with Gasteiger partial charge in [0.15, 0.2) is 0 Å². The molecule has 1 aromatic carbocycles. The van der Waals surface area contributed by atoms with Gasteiger partial charge in [-0.05, 0) is 44.6 Å². The third kappa shape index (κ3) is 3.38. The highest BCUT2D eigenvalue weighted by atomic mass is 16.5. The molecule has 1 saturated heterocycles. The van der Waals surface area contributed by atoms with Crippen molar-refractivity contribution in [3.05, 3.63) is 23.8 Å². The smallest absolute Gasteiger partial charge is 0.251 e. The Bertz CT molecular complexity index is 462. The van der Waals surface area contributed by atoms with Gasteiger partial charge in [-0.2, -0.15) is 0 Å². The van der Waals surface area contributed by atoms with Gasteiger partial charge in [-0.15, -0.1) is 0 Å². The summed E-state index contributed by atoms with van der Waals surface area (Å²) < 4.78 is 5.13. The zero-order chi connectivity index (χ0) is 13.8. The number of nitrogens with two attached hydrogens (primary N) is 1. The van der Waals surface area contributed by atoms with Gasteiger partial charge < -0.3 is 20.7 Å². The van der Waals surface area contributed by atoms with Gasteiger partial charge in [-0.25, -0.2) is 0 Å². The average Bonchev–Trinajstić information content (AvgIpc) is 2.39. The van der Waals surface area contributed by atoms with Crippen molar-refractivity contribution in [2.24, 2.45) is 0 Å². The lowest BCUT2D eigenvalue weighted by atomic mass is 10.1. The van der Waals surface area contributed by atoms with Crippen LogP contribution in [0.3, 0.4) is 0 Å². The average molecular weight is 263 g/mol. The van der Waals surface area contributed by atoms with Gasteiger partial charge in [-0.3, -0.25) is 4.79 Å². The number of hydrogen-bond acceptors (Lipinski definition) is 4. The largest absolute Gasteiger partial charge is 0.495 e. The third-order valence-corrected chi connectivity index (χ3v) is 3.46. The number of likely N-dealkylation sites (tertiary alicyclic amines) is 1. The summed E-state index contributed by atoms with van der Waals surface area (Å²) >= 11 is 0. The molecular formula is C14H21N3O2. The molecule has 5 nitrogen and oxygen atoms in total. The fourth-order valence-electron chi connectivity index (χ4n) is 2.41. The van der Waals surface area contributed by atoms with Gasteiger partial charge in [0.1, 0.15) is 5.75 Å². The van der Waals surface area contributed by atoms with E-state index in [2.05, 4.69) is 17.3 Å². The lowest BCUT2D eigenvalue weighted by molar-refractivity contribution is 0.0912. The number of nitrogens with one attached hydrogen (secondary N) is 1. The first-order valence-corrected chi connectivity index (χ1v) is 6.53. The Morgan fingerprint density at radius 3 is 3.00 bits per heavy atom. The van der Waals surface area contributed by atoms with Crippen molar-refractivity contribution in [1.29, 1.82) is 0 Å². The fourth-order valence-corrected chi connectivity index (χ4v) is 2.41. The van der Waals surface area contributed by atoms with Crippen molar-refractivity contribution in [2.75, 3.05) is 33.0 Å². The summed E-state index contributed by atoms with van der Waals surface area (Å²) in [6, 6.07) is 5.31. The molecular weight excluding hydrogens is 242 g/mol. The number of likely N-dealkylation sites (N-methyl/N-ethyl adjacent to an activating group) is 1. The molecule has 1 atom stereocenters. The molecule has 1 aliphatic rings. The number of anilines is 1. The van der Waals surface area contributed by atoms with E-state index in [9.17, 15) is 4.79 Å². The molecule has 1 amide bonds. The molecule has 1 fully saturated rings. The molecule has 0 spiro atoms. The normalized spacial score (nSPS) is 20.0. The predicted octanol–water partition coefficient (Wildman–Crippen LogP) is 1.10. The molecule has 3 N–H and O–H groups in total. The van der Waals surface area contributed by atoms with E-state index in [1.54, 1.807) is 25.3 Å². The number of nitrogen functional groups attached to an aromatic ring is 1. The molecule has 5 heteroatoms. The molecule has 104 valence electrons. The van der Waals surface area contributed by atoms with Gasteiger partial charge in [0.05, 0.1) is 12.8 Å². The number of carbonyl (C=O) groups excluding carboxylic acids is 1. The second-order valence-corrected chi connectivity index (χ2v) is 5.03. The lowest BCUT2D eigenvalue weighted by Gasteiger charge is -2.30.